The molecule has 1 aromatic rings. The number of aromatic nitrogens is 1. The molecule has 1 aromatic heterocycles. The van der Waals surface area contributed by atoms with E-state index in [1.165, 1.54) is 6.92 Å². The summed E-state index contributed by atoms with van der Waals surface area (Å²) < 4.78 is 37.4. The smallest absolute Gasteiger partial charge is 0.443 e. The minimum atomic E-state index is -4.61. The van der Waals surface area contributed by atoms with Crippen molar-refractivity contribution in [3.8, 4) is 0 Å². The zero-order chi connectivity index (χ0) is 15.1. The summed E-state index contributed by atoms with van der Waals surface area (Å²) in [6.45, 7) is 1.58. The van der Waals surface area contributed by atoms with E-state index in [9.17, 15) is 27.9 Å². The topological polar surface area (TPSA) is 70.5 Å². The molecule has 1 saturated heterocycles. The van der Waals surface area contributed by atoms with E-state index in [4.69, 9.17) is 0 Å². The summed E-state index contributed by atoms with van der Waals surface area (Å²) in [4.78, 5) is 27.7. The molecule has 1 aliphatic heterocycles. The van der Waals surface area contributed by atoms with Crippen LogP contribution in [0.5, 0.6) is 0 Å². The molecule has 0 radical (unpaired) electrons. The third-order valence-corrected chi connectivity index (χ3v) is 4.20. The van der Waals surface area contributed by atoms with Gasteiger partial charge in [0.15, 0.2) is 5.01 Å². The minimum Gasteiger partial charge on any atom is -0.480 e. The molecule has 0 aromatic carbocycles. The van der Waals surface area contributed by atoms with Gasteiger partial charge in [-0.3, -0.25) is 4.79 Å². The molecule has 1 atom stereocenters. The second-order valence-corrected chi connectivity index (χ2v) is 5.53. The average molecular weight is 308 g/mol. The first-order valence-electron chi connectivity index (χ1n) is 5.74. The molecule has 20 heavy (non-hydrogen) atoms. The molecule has 110 valence electrons. The molecule has 2 rings (SSSR count). The van der Waals surface area contributed by atoms with Crippen LogP contribution in [0.25, 0.3) is 0 Å². The van der Waals surface area contributed by atoms with E-state index < -0.39 is 28.6 Å². The lowest BCUT2D eigenvalue weighted by Gasteiger charge is -2.30. The zero-order valence-corrected chi connectivity index (χ0v) is 11.2. The third kappa shape index (κ3) is 2.37. The van der Waals surface area contributed by atoms with Crippen LogP contribution in [0.1, 0.15) is 35.3 Å². The Kier molecular flexibility index (Phi) is 3.49. The summed E-state index contributed by atoms with van der Waals surface area (Å²) >= 11 is 0.321. The van der Waals surface area contributed by atoms with Gasteiger partial charge in [0.05, 0.1) is 0 Å². The minimum absolute atomic E-state index is 0.195. The van der Waals surface area contributed by atoms with Crippen LogP contribution in [0.4, 0.5) is 13.2 Å². The molecular formula is C11H11F3N2O3S. The maximum atomic E-state index is 12.5. The number of thiazole rings is 1. The van der Waals surface area contributed by atoms with E-state index >= 15 is 0 Å². The number of rotatable bonds is 2. The van der Waals surface area contributed by atoms with Crippen LogP contribution in [0.3, 0.4) is 0 Å². The van der Waals surface area contributed by atoms with Crippen LogP contribution in [0, 0.1) is 0 Å². The number of amides is 1. The molecule has 0 saturated carbocycles. The van der Waals surface area contributed by atoms with E-state index in [0.717, 1.165) is 10.3 Å². The number of likely N-dealkylation sites (tertiary alicyclic amines) is 1. The number of hydrogen-bond acceptors (Lipinski definition) is 4. The van der Waals surface area contributed by atoms with Crippen LogP contribution >= 0.6 is 11.3 Å². The lowest BCUT2D eigenvalue weighted by molar-refractivity contribution is -0.147. The largest absolute Gasteiger partial charge is 0.480 e. The van der Waals surface area contributed by atoms with Gasteiger partial charge in [0.25, 0.3) is 5.91 Å². The number of aliphatic carboxylic acids is 1. The number of carboxylic acids is 1. The Hall–Kier alpha value is -1.64. The molecule has 0 spiro atoms. The molecule has 1 fully saturated rings. The molecule has 9 heteroatoms. The molecular weight excluding hydrogens is 297 g/mol. The van der Waals surface area contributed by atoms with Gasteiger partial charge in [-0.25, -0.2) is 9.78 Å². The summed E-state index contributed by atoms with van der Waals surface area (Å²) in [6.07, 6.45) is -3.85. The normalized spacial score (nSPS) is 23.1. The van der Waals surface area contributed by atoms with Gasteiger partial charge < -0.3 is 10.0 Å². The van der Waals surface area contributed by atoms with Crippen LogP contribution in [-0.2, 0) is 11.0 Å². The Labute approximate surface area is 116 Å². The van der Waals surface area contributed by atoms with Gasteiger partial charge in [-0.1, -0.05) is 0 Å². The van der Waals surface area contributed by atoms with Crippen molar-refractivity contribution < 1.29 is 27.9 Å². The van der Waals surface area contributed by atoms with Crippen molar-refractivity contribution >= 4 is 23.2 Å². The lowest BCUT2D eigenvalue weighted by atomic mass is 9.99. The SMILES string of the molecule is CC1(C(=O)O)CCCN1C(=O)c1csc(C(F)(F)F)n1. The van der Waals surface area contributed by atoms with Crippen molar-refractivity contribution in [2.75, 3.05) is 6.54 Å². The zero-order valence-electron chi connectivity index (χ0n) is 10.4. The highest BCUT2D eigenvalue weighted by atomic mass is 32.1. The van der Waals surface area contributed by atoms with Crippen molar-refractivity contribution in [1.82, 2.24) is 9.88 Å². The summed E-state index contributed by atoms with van der Waals surface area (Å²) in [5, 5.41) is 9.07. The van der Waals surface area contributed by atoms with Gasteiger partial charge in [0.2, 0.25) is 0 Å². The van der Waals surface area contributed by atoms with Gasteiger partial charge in [-0.15, -0.1) is 11.3 Å². The number of nitrogens with zero attached hydrogens (tertiary/aromatic N) is 2. The summed E-state index contributed by atoms with van der Waals surface area (Å²) in [5.41, 5.74) is -1.75. The van der Waals surface area contributed by atoms with E-state index in [1.54, 1.807) is 0 Å². The highest BCUT2D eigenvalue weighted by Crippen LogP contribution is 2.34. The number of hydrogen-bond donors (Lipinski definition) is 1. The Morgan fingerprint density at radius 2 is 2.15 bits per heavy atom. The Balaban J connectivity index is 2.28. The summed E-state index contributed by atoms with van der Waals surface area (Å²) in [5.74, 6) is -1.95. The summed E-state index contributed by atoms with van der Waals surface area (Å²) in [7, 11) is 0. The predicted octanol–water partition coefficient (Wildman–Crippen LogP) is 2.24. The van der Waals surface area contributed by atoms with Crippen LogP contribution < -0.4 is 0 Å². The van der Waals surface area contributed by atoms with E-state index in [-0.39, 0.29) is 18.7 Å². The molecule has 1 amide bonds. The maximum absolute atomic E-state index is 12.5. The third-order valence-electron chi connectivity index (χ3n) is 3.31. The highest BCUT2D eigenvalue weighted by Gasteiger charge is 2.47. The highest BCUT2D eigenvalue weighted by molar-refractivity contribution is 7.09. The Bertz CT molecular complexity index is 557. The van der Waals surface area contributed by atoms with Crippen LogP contribution in [0.15, 0.2) is 5.38 Å². The fourth-order valence-corrected chi connectivity index (χ4v) is 2.81. The van der Waals surface area contributed by atoms with E-state index in [1.807, 2.05) is 0 Å². The quantitative estimate of drug-likeness (QED) is 0.909. The van der Waals surface area contributed by atoms with Gasteiger partial charge in [-0.05, 0) is 19.8 Å². The Morgan fingerprint density at radius 3 is 2.65 bits per heavy atom. The predicted molar refractivity (Wildman–Crippen MR) is 63.4 cm³/mol. The van der Waals surface area contributed by atoms with Gasteiger partial charge >= 0.3 is 12.1 Å². The fraction of sp³-hybridized carbons (Fsp3) is 0.545. The van der Waals surface area contributed by atoms with Crippen LogP contribution in [-0.4, -0.2) is 39.0 Å². The van der Waals surface area contributed by atoms with Crippen LogP contribution in [0.2, 0.25) is 0 Å². The number of halogens is 3. The summed E-state index contributed by atoms with van der Waals surface area (Å²) in [6, 6.07) is 0. The number of carboxylic acid groups (broad SMARTS) is 1. The maximum Gasteiger partial charge on any atom is 0.443 e. The molecule has 2 heterocycles. The second-order valence-electron chi connectivity index (χ2n) is 4.68. The monoisotopic (exact) mass is 308 g/mol. The molecule has 5 nitrogen and oxygen atoms in total. The first kappa shape index (κ1) is 14.8. The van der Waals surface area contributed by atoms with Gasteiger partial charge in [-0.2, -0.15) is 13.2 Å². The van der Waals surface area contributed by atoms with Crippen molar-refractivity contribution in [3.05, 3.63) is 16.1 Å². The average Bonchev–Trinajstić information content (AvgIpc) is 2.94. The van der Waals surface area contributed by atoms with Crippen molar-refractivity contribution in [3.63, 3.8) is 0 Å². The number of alkyl halides is 3. The van der Waals surface area contributed by atoms with Crippen molar-refractivity contribution in [2.45, 2.75) is 31.5 Å². The molecule has 1 unspecified atom stereocenters. The first-order chi connectivity index (χ1) is 9.16. The fourth-order valence-electron chi connectivity index (χ4n) is 2.15. The standard InChI is InChI=1S/C11H11F3N2O3S/c1-10(9(18)19)3-2-4-16(10)7(17)6-5-20-8(15-6)11(12,13)14/h5H,2-4H2,1H3,(H,18,19). The number of carbonyl (C=O) groups excluding carboxylic acids is 1. The second kappa shape index (κ2) is 4.72. The Morgan fingerprint density at radius 1 is 1.50 bits per heavy atom. The number of carbonyl (C=O) groups is 2. The van der Waals surface area contributed by atoms with Crippen molar-refractivity contribution in [2.24, 2.45) is 0 Å². The molecule has 1 N–H and O–H groups in total. The first-order valence-corrected chi connectivity index (χ1v) is 6.62. The van der Waals surface area contributed by atoms with Gasteiger partial charge in [0, 0.05) is 11.9 Å². The van der Waals surface area contributed by atoms with Gasteiger partial charge in [0.1, 0.15) is 11.2 Å². The lowest BCUT2D eigenvalue weighted by Crippen LogP contribution is -2.50. The van der Waals surface area contributed by atoms with E-state index in [2.05, 4.69) is 4.98 Å². The molecule has 0 aliphatic carbocycles. The van der Waals surface area contributed by atoms with Crippen molar-refractivity contribution in [1.29, 1.82) is 0 Å². The molecule has 1 aliphatic rings. The van der Waals surface area contributed by atoms with E-state index in [0.29, 0.717) is 17.8 Å². The molecule has 0 bridgehead atoms.